The van der Waals surface area contributed by atoms with Crippen LogP contribution in [0.1, 0.15) is 303 Å². The van der Waals surface area contributed by atoms with Crippen LogP contribution in [0, 0.1) is 0 Å². The van der Waals surface area contributed by atoms with Crippen LogP contribution in [-0.2, 0) is 28.6 Å². The third kappa shape index (κ3) is 64.5. The van der Waals surface area contributed by atoms with E-state index >= 15 is 0 Å². The highest BCUT2D eigenvalue weighted by atomic mass is 16.6. The van der Waals surface area contributed by atoms with E-state index in [4.69, 9.17) is 14.2 Å². The number of allylic oxidation sites excluding steroid dienone is 20. The molecular weight excluding hydrogens is 973 g/mol. The predicted molar refractivity (Wildman–Crippen MR) is 343 cm³/mol. The molecule has 0 heterocycles. The van der Waals surface area contributed by atoms with E-state index in [-0.39, 0.29) is 31.1 Å². The zero-order valence-corrected chi connectivity index (χ0v) is 51.6. The summed E-state index contributed by atoms with van der Waals surface area (Å²) in [5, 5.41) is 0. The molecule has 0 saturated carbocycles. The summed E-state index contributed by atoms with van der Waals surface area (Å²) in [5.74, 6) is -0.914. The number of ether oxygens (including phenoxy) is 3. The number of hydrogen-bond donors (Lipinski definition) is 0. The fourth-order valence-corrected chi connectivity index (χ4v) is 9.02. The average molecular weight is 1100 g/mol. The minimum absolute atomic E-state index is 0.0896. The van der Waals surface area contributed by atoms with E-state index in [9.17, 15) is 14.4 Å². The fraction of sp³-hybridized carbons (Fsp3) is 0.685. The van der Waals surface area contributed by atoms with Gasteiger partial charge in [0.1, 0.15) is 13.2 Å². The van der Waals surface area contributed by atoms with Crippen LogP contribution in [0.5, 0.6) is 0 Å². The van der Waals surface area contributed by atoms with Crippen LogP contribution < -0.4 is 0 Å². The lowest BCUT2D eigenvalue weighted by Gasteiger charge is -2.18. The van der Waals surface area contributed by atoms with Crippen molar-refractivity contribution in [1.82, 2.24) is 0 Å². The van der Waals surface area contributed by atoms with E-state index in [1.807, 2.05) is 0 Å². The van der Waals surface area contributed by atoms with Crippen molar-refractivity contribution in [2.75, 3.05) is 13.2 Å². The summed E-state index contributed by atoms with van der Waals surface area (Å²) in [5.41, 5.74) is 0. The van der Waals surface area contributed by atoms with Crippen molar-refractivity contribution in [3.8, 4) is 0 Å². The lowest BCUT2D eigenvalue weighted by molar-refractivity contribution is -0.167. The summed E-state index contributed by atoms with van der Waals surface area (Å²) >= 11 is 0. The van der Waals surface area contributed by atoms with Crippen molar-refractivity contribution in [3.05, 3.63) is 122 Å². The molecule has 79 heavy (non-hydrogen) atoms. The van der Waals surface area contributed by atoms with Crippen molar-refractivity contribution < 1.29 is 28.6 Å². The predicted octanol–water partition coefficient (Wildman–Crippen LogP) is 22.8. The van der Waals surface area contributed by atoms with E-state index < -0.39 is 6.10 Å². The molecule has 0 bridgehead atoms. The van der Waals surface area contributed by atoms with E-state index in [0.717, 1.165) is 148 Å². The van der Waals surface area contributed by atoms with Crippen molar-refractivity contribution >= 4 is 17.9 Å². The normalized spacial score (nSPS) is 12.9. The Labute approximate surface area is 488 Å². The molecule has 0 aromatic heterocycles. The largest absolute Gasteiger partial charge is 0.462 e. The number of carbonyl (C=O) groups is 3. The molecule has 0 aromatic rings. The highest BCUT2D eigenvalue weighted by Crippen LogP contribution is 2.16. The molecule has 0 aliphatic carbocycles. The van der Waals surface area contributed by atoms with Gasteiger partial charge in [0.05, 0.1) is 0 Å². The molecule has 1 atom stereocenters. The van der Waals surface area contributed by atoms with Crippen LogP contribution in [0.15, 0.2) is 122 Å². The van der Waals surface area contributed by atoms with Crippen molar-refractivity contribution in [2.45, 2.75) is 309 Å². The second-order valence-electron chi connectivity index (χ2n) is 21.6. The monoisotopic (exact) mass is 1090 g/mol. The van der Waals surface area contributed by atoms with Crippen molar-refractivity contribution in [1.29, 1.82) is 0 Å². The third-order valence-electron chi connectivity index (χ3n) is 14.0. The maximum Gasteiger partial charge on any atom is 0.306 e. The lowest BCUT2D eigenvalue weighted by Crippen LogP contribution is -2.30. The number of hydrogen-bond acceptors (Lipinski definition) is 6. The topological polar surface area (TPSA) is 78.9 Å². The standard InChI is InChI=1S/C73H122O6/c1-4-7-10-13-16-19-22-25-28-30-32-33-34-35-36-37-38-39-41-42-45-48-51-54-57-60-63-66-72(75)78-69-70(68-77-71(74)65-62-59-56-53-50-47-44-27-24-21-18-15-12-9-6-3)79-73(76)67-64-61-58-55-52-49-46-43-40-31-29-26-23-20-17-14-11-8-5-2/h7,10,16-17,19-20,25-26,28-29,32-33,35-36,38-40,42-43,45,70H,4-6,8-9,11-15,18,21-24,27,30-31,34,37,41,44,46-69H2,1-3H3/b10-7-,19-16-,20-17-,28-25-,29-26-,33-32-,36-35-,39-38-,43-40-,45-42-. The Bertz CT molecular complexity index is 1640. The molecule has 1 unspecified atom stereocenters. The Balaban J connectivity index is 4.42. The minimum atomic E-state index is -0.797. The SMILES string of the molecule is CC/C=C\C/C=C\C/C=C\C/C=C\C/C=C\C/C=C\C/C=C\CCCCCCCC(=O)OCC(COC(=O)CCCCCCCCCCCCCCCCC)OC(=O)CCCCCCCC/C=C\C/C=C\C/C=C\CCCCC. The fourth-order valence-electron chi connectivity index (χ4n) is 9.02. The minimum Gasteiger partial charge on any atom is -0.462 e. The number of rotatable bonds is 59. The van der Waals surface area contributed by atoms with Gasteiger partial charge >= 0.3 is 17.9 Å². The van der Waals surface area contributed by atoms with Gasteiger partial charge < -0.3 is 14.2 Å². The van der Waals surface area contributed by atoms with Gasteiger partial charge in [-0.05, 0) is 116 Å². The number of unbranched alkanes of at least 4 members (excludes halogenated alkanes) is 28. The molecule has 0 rings (SSSR count). The van der Waals surface area contributed by atoms with Crippen LogP contribution in [0.4, 0.5) is 0 Å². The molecule has 0 saturated heterocycles. The first-order chi connectivity index (χ1) is 39.0. The van der Waals surface area contributed by atoms with Crippen LogP contribution in [0.2, 0.25) is 0 Å². The maximum absolute atomic E-state index is 12.9. The highest BCUT2D eigenvalue weighted by molar-refractivity contribution is 5.71. The smallest absolute Gasteiger partial charge is 0.306 e. The zero-order chi connectivity index (χ0) is 57.1. The molecule has 0 fully saturated rings. The Hall–Kier alpha value is -4.19. The van der Waals surface area contributed by atoms with Crippen LogP contribution in [-0.4, -0.2) is 37.2 Å². The number of esters is 3. The molecule has 0 aliphatic rings. The van der Waals surface area contributed by atoms with E-state index in [1.165, 1.54) is 116 Å². The quantitative estimate of drug-likeness (QED) is 0.0261. The van der Waals surface area contributed by atoms with Gasteiger partial charge in [0.2, 0.25) is 0 Å². The summed E-state index contributed by atoms with van der Waals surface area (Å²) in [4.78, 5) is 38.4. The highest BCUT2D eigenvalue weighted by Gasteiger charge is 2.19. The van der Waals surface area contributed by atoms with Gasteiger partial charge in [-0.3, -0.25) is 14.4 Å². The molecule has 0 aromatic carbocycles. The molecule has 0 radical (unpaired) electrons. The van der Waals surface area contributed by atoms with Gasteiger partial charge in [-0.15, -0.1) is 0 Å². The molecular formula is C73H122O6. The molecule has 0 aliphatic heterocycles. The molecule has 0 N–H and O–H groups in total. The second kappa shape index (κ2) is 66.3. The van der Waals surface area contributed by atoms with Crippen LogP contribution in [0.3, 0.4) is 0 Å². The molecule has 6 nitrogen and oxygen atoms in total. The Morgan fingerprint density at radius 1 is 0.266 bits per heavy atom. The van der Waals surface area contributed by atoms with Crippen molar-refractivity contribution in [2.24, 2.45) is 0 Å². The summed E-state index contributed by atoms with van der Waals surface area (Å²) in [6, 6.07) is 0. The number of carbonyl (C=O) groups excluding carboxylic acids is 3. The molecule has 6 heteroatoms. The van der Waals surface area contributed by atoms with Gasteiger partial charge in [0.25, 0.3) is 0 Å². The van der Waals surface area contributed by atoms with Crippen LogP contribution >= 0.6 is 0 Å². The Morgan fingerprint density at radius 3 is 0.797 bits per heavy atom. The molecule has 0 amide bonds. The first kappa shape index (κ1) is 74.8. The zero-order valence-electron chi connectivity index (χ0n) is 51.6. The Kier molecular flexibility index (Phi) is 62.8. The summed E-state index contributed by atoms with van der Waals surface area (Å²) in [6.45, 7) is 6.50. The molecule has 0 spiro atoms. The van der Waals surface area contributed by atoms with Gasteiger partial charge in [0, 0.05) is 19.3 Å². The van der Waals surface area contributed by atoms with E-state index in [0.29, 0.717) is 19.3 Å². The van der Waals surface area contributed by atoms with Gasteiger partial charge in [-0.1, -0.05) is 290 Å². The van der Waals surface area contributed by atoms with Gasteiger partial charge in [0.15, 0.2) is 6.10 Å². The Morgan fingerprint density at radius 2 is 0.494 bits per heavy atom. The summed E-state index contributed by atoms with van der Waals surface area (Å²) in [6.07, 6.45) is 91.9. The summed E-state index contributed by atoms with van der Waals surface area (Å²) in [7, 11) is 0. The van der Waals surface area contributed by atoms with Gasteiger partial charge in [-0.25, -0.2) is 0 Å². The first-order valence-corrected chi connectivity index (χ1v) is 33.0. The van der Waals surface area contributed by atoms with E-state index in [2.05, 4.69) is 142 Å². The first-order valence-electron chi connectivity index (χ1n) is 33.0. The lowest BCUT2D eigenvalue weighted by atomic mass is 10.0. The second-order valence-corrected chi connectivity index (χ2v) is 21.6. The van der Waals surface area contributed by atoms with Crippen molar-refractivity contribution in [3.63, 3.8) is 0 Å². The van der Waals surface area contributed by atoms with Gasteiger partial charge in [-0.2, -0.15) is 0 Å². The maximum atomic E-state index is 12.9. The average Bonchev–Trinajstić information content (AvgIpc) is 3.45. The molecule has 450 valence electrons. The van der Waals surface area contributed by atoms with Crippen LogP contribution in [0.25, 0.3) is 0 Å². The van der Waals surface area contributed by atoms with E-state index in [1.54, 1.807) is 0 Å². The summed E-state index contributed by atoms with van der Waals surface area (Å²) < 4.78 is 16.9. The third-order valence-corrected chi connectivity index (χ3v) is 14.0.